The second kappa shape index (κ2) is 7.27. The largest absolute Gasteiger partial charge is 0.493 e. The highest BCUT2D eigenvalue weighted by atomic mass is 16.5. The number of benzene rings is 1. The predicted molar refractivity (Wildman–Crippen MR) is 76.3 cm³/mol. The molecule has 3 nitrogen and oxygen atoms in total. The van der Waals surface area contributed by atoms with Crippen LogP contribution in [0.1, 0.15) is 32.1 Å². The van der Waals surface area contributed by atoms with Crippen LogP contribution in [0.15, 0.2) is 24.3 Å². The first-order chi connectivity index (χ1) is 8.90. The van der Waals surface area contributed by atoms with E-state index in [0.29, 0.717) is 13.2 Å². The fourth-order valence-corrected chi connectivity index (χ4v) is 2.37. The summed E-state index contributed by atoms with van der Waals surface area (Å²) in [5, 5.41) is 0. The fraction of sp³-hybridized carbons (Fsp3) is 0.600. The van der Waals surface area contributed by atoms with Crippen LogP contribution in [0.4, 0.5) is 5.69 Å². The third-order valence-corrected chi connectivity index (χ3v) is 3.41. The Hall–Kier alpha value is -1.22. The third kappa shape index (κ3) is 3.91. The molecule has 2 N–H and O–H groups in total. The average Bonchev–Trinajstić information content (AvgIpc) is 2.68. The molecule has 1 aliphatic rings. The summed E-state index contributed by atoms with van der Waals surface area (Å²) in [4.78, 5) is 2.47. The Balaban J connectivity index is 1.96. The Morgan fingerprint density at radius 1 is 1.11 bits per heavy atom. The van der Waals surface area contributed by atoms with Gasteiger partial charge in [-0.25, -0.2) is 0 Å². The topological polar surface area (TPSA) is 38.5 Å². The Morgan fingerprint density at radius 3 is 2.61 bits per heavy atom. The van der Waals surface area contributed by atoms with Crippen molar-refractivity contribution in [1.29, 1.82) is 0 Å². The first-order valence-electron chi connectivity index (χ1n) is 7.08. The number of hydrogen-bond donors (Lipinski definition) is 1. The molecule has 1 aromatic rings. The van der Waals surface area contributed by atoms with E-state index in [0.717, 1.165) is 12.2 Å². The smallest absolute Gasteiger partial charge is 0.121 e. The van der Waals surface area contributed by atoms with Gasteiger partial charge in [-0.1, -0.05) is 18.9 Å². The summed E-state index contributed by atoms with van der Waals surface area (Å²) in [6, 6.07) is 8.44. The summed E-state index contributed by atoms with van der Waals surface area (Å²) in [6.07, 6.45) is 6.25. The SMILES string of the molecule is NCCCOc1cccc(N2CCCCCC2)c1. The molecule has 0 bridgehead atoms. The molecule has 0 unspecified atom stereocenters. The van der Waals surface area contributed by atoms with Crippen molar-refractivity contribution in [3.8, 4) is 5.75 Å². The molecule has 0 radical (unpaired) electrons. The van der Waals surface area contributed by atoms with Crippen molar-refractivity contribution in [1.82, 2.24) is 0 Å². The second-order valence-electron chi connectivity index (χ2n) is 4.89. The van der Waals surface area contributed by atoms with Gasteiger partial charge in [0.25, 0.3) is 0 Å². The monoisotopic (exact) mass is 248 g/mol. The predicted octanol–water partition coefficient (Wildman–Crippen LogP) is 2.79. The van der Waals surface area contributed by atoms with E-state index in [4.69, 9.17) is 10.5 Å². The Labute approximate surface area is 110 Å². The summed E-state index contributed by atoms with van der Waals surface area (Å²) < 4.78 is 5.70. The van der Waals surface area contributed by atoms with Crippen molar-refractivity contribution in [3.05, 3.63) is 24.3 Å². The normalized spacial score (nSPS) is 16.4. The number of hydrogen-bond acceptors (Lipinski definition) is 3. The molecule has 0 aliphatic carbocycles. The van der Waals surface area contributed by atoms with Crippen molar-refractivity contribution in [3.63, 3.8) is 0 Å². The lowest BCUT2D eigenvalue weighted by atomic mass is 10.2. The maximum atomic E-state index is 5.70. The minimum atomic E-state index is 0.686. The highest BCUT2D eigenvalue weighted by Gasteiger charge is 2.10. The first kappa shape index (κ1) is 13.2. The Bertz CT molecular complexity index is 346. The number of nitrogens with zero attached hydrogens (tertiary/aromatic N) is 1. The lowest BCUT2D eigenvalue weighted by Crippen LogP contribution is -2.23. The average molecular weight is 248 g/mol. The summed E-state index contributed by atoms with van der Waals surface area (Å²) in [6.45, 7) is 3.74. The molecule has 0 atom stereocenters. The van der Waals surface area contributed by atoms with E-state index >= 15 is 0 Å². The molecule has 1 saturated heterocycles. The van der Waals surface area contributed by atoms with E-state index in [2.05, 4.69) is 23.1 Å². The van der Waals surface area contributed by atoms with Crippen molar-refractivity contribution >= 4 is 5.69 Å². The number of nitrogens with two attached hydrogens (primary N) is 1. The van der Waals surface area contributed by atoms with Crippen molar-refractivity contribution < 1.29 is 4.74 Å². The molecular formula is C15H24N2O. The lowest BCUT2D eigenvalue weighted by molar-refractivity contribution is 0.313. The zero-order valence-corrected chi connectivity index (χ0v) is 11.1. The van der Waals surface area contributed by atoms with Crippen LogP contribution in [-0.2, 0) is 0 Å². The van der Waals surface area contributed by atoms with Gasteiger partial charge in [-0.05, 0) is 37.9 Å². The van der Waals surface area contributed by atoms with Crippen LogP contribution < -0.4 is 15.4 Å². The molecule has 0 saturated carbocycles. The van der Waals surface area contributed by atoms with E-state index in [9.17, 15) is 0 Å². The molecule has 100 valence electrons. The first-order valence-corrected chi connectivity index (χ1v) is 7.08. The van der Waals surface area contributed by atoms with Gasteiger partial charge in [0.2, 0.25) is 0 Å². The molecule has 1 aliphatic heterocycles. The molecule has 0 aromatic heterocycles. The summed E-state index contributed by atoms with van der Waals surface area (Å²) in [5.74, 6) is 0.963. The molecule has 18 heavy (non-hydrogen) atoms. The highest BCUT2D eigenvalue weighted by Crippen LogP contribution is 2.23. The van der Waals surface area contributed by atoms with E-state index in [1.165, 1.54) is 44.5 Å². The van der Waals surface area contributed by atoms with E-state index in [-0.39, 0.29) is 0 Å². The van der Waals surface area contributed by atoms with Crippen LogP contribution >= 0.6 is 0 Å². The van der Waals surface area contributed by atoms with Crippen LogP contribution in [0.2, 0.25) is 0 Å². The van der Waals surface area contributed by atoms with Crippen molar-refractivity contribution in [2.75, 3.05) is 31.1 Å². The molecule has 0 amide bonds. The van der Waals surface area contributed by atoms with Gasteiger partial charge in [-0.15, -0.1) is 0 Å². The molecule has 1 fully saturated rings. The molecule has 1 aromatic carbocycles. The van der Waals surface area contributed by atoms with Gasteiger partial charge < -0.3 is 15.4 Å². The quantitative estimate of drug-likeness (QED) is 0.814. The maximum absolute atomic E-state index is 5.70. The van der Waals surface area contributed by atoms with Gasteiger partial charge in [-0.2, -0.15) is 0 Å². The molecular weight excluding hydrogens is 224 g/mol. The van der Waals surface area contributed by atoms with Crippen LogP contribution in [-0.4, -0.2) is 26.2 Å². The number of anilines is 1. The van der Waals surface area contributed by atoms with Crippen LogP contribution in [0.5, 0.6) is 5.75 Å². The van der Waals surface area contributed by atoms with Crippen molar-refractivity contribution in [2.45, 2.75) is 32.1 Å². The van der Waals surface area contributed by atoms with Gasteiger partial charge in [0.15, 0.2) is 0 Å². The lowest BCUT2D eigenvalue weighted by Gasteiger charge is -2.23. The summed E-state index contributed by atoms with van der Waals surface area (Å²) >= 11 is 0. The van der Waals surface area contributed by atoms with Crippen LogP contribution in [0.3, 0.4) is 0 Å². The third-order valence-electron chi connectivity index (χ3n) is 3.41. The van der Waals surface area contributed by atoms with Crippen molar-refractivity contribution in [2.24, 2.45) is 5.73 Å². The fourth-order valence-electron chi connectivity index (χ4n) is 2.37. The van der Waals surface area contributed by atoms with Crippen LogP contribution in [0.25, 0.3) is 0 Å². The highest BCUT2D eigenvalue weighted by molar-refractivity contribution is 5.50. The minimum Gasteiger partial charge on any atom is -0.493 e. The van der Waals surface area contributed by atoms with Crippen LogP contribution in [0, 0.1) is 0 Å². The molecule has 2 rings (SSSR count). The summed E-state index contributed by atoms with van der Waals surface area (Å²) in [5.41, 5.74) is 6.76. The van der Waals surface area contributed by atoms with Gasteiger partial charge in [-0.3, -0.25) is 0 Å². The van der Waals surface area contributed by atoms with Gasteiger partial charge in [0, 0.05) is 24.8 Å². The Kier molecular flexibility index (Phi) is 5.34. The second-order valence-corrected chi connectivity index (χ2v) is 4.89. The molecule has 1 heterocycles. The number of ether oxygens (including phenoxy) is 1. The standard InChI is InChI=1S/C15H24N2O/c16-9-6-12-18-15-8-5-7-14(13-15)17-10-3-1-2-4-11-17/h5,7-8,13H,1-4,6,9-12,16H2. The van der Waals surface area contributed by atoms with E-state index < -0.39 is 0 Å². The molecule has 0 spiro atoms. The zero-order chi connectivity index (χ0) is 12.6. The maximum Gasteiger partial charge on any atom is 0.121 e. The van der Waals surface area contributed by atoms with E-state index in [1.807, 2.05) is 6.07 Å². The van der Waals surface area contributed by atoms with Gasteiger partial charge in [0.1, 0.15) is 5.75 Å². The Morgan fingerprint density at radius 2 is 1.89 bits per heavy atom. The van der Waals surface area contributed by atoms with E-state index in [1.54, 1.807) is 0 Å². The number of rotatable bonds is 5. The minimum absolute atomic E-state index is 0.686. The molecule has 3 heteroatoms. The summed E-state index contributed by atoms with van der Waals surface area (Å²) in [7, 11) is 0. The van der Waals surface area contributed by atoms with Gasteiger partial charge in [0.05, 0.1) is 6.61 Å². The zero-order valence-electron chi connectivity index (χ0n) is 11.1. The van der Waals surface area contributed by atoms with Gasteiger partial charge >= 0.3 is 0 Å².